The highest BCUT2D eigenvalue weighted by atomic mass is 19.4. The topological polar surface area (TPSA) is 12.0 Å². The molecule has 11 heavy (non-hydrogen) atoms. The molecule has 64 valence electrons. The number of nitrogens with one attached hydrogen (secondary N) is 1. The van der Waals surface area contributed by atoms with E-state index in [4.69, 9.17) is 0 Å². The van der Waals surface area contributed by atoms with E-state index < -0.39 is 12.1 Å². The third-order valence-corrected chi connectivity index (χ3v) is 2.64. The van der Waals surface area contributed by atoms with Gasteiger partial charge in [0, 0.05) is 6.04 Å². The largest absolute Gasteiger partial charge is 0.393 e. The number of hydrogen-bond donors (Lipinski definition) is 1. The molecule has 1 aliphatic carbocycles. The van der Waals surface area contributed by atoms with Crippen LogP contribution in [-0.2, 0) is 0 Å². The number of alkyl halides is 3. The first-order valence-electron chi connectivity index (χ1n) is 3.91. The molecule has 1 N–H and O–H groups in total. The fourth-order valence-corrected chi connectivity index (χ4v) is 2.06. The van der Waals surface area contributed by atoms with Crippen LogP contribution >= 0.6 is 0 Å². The third kappa shape index (κ3) is 1.13. The van der Waals surface area contributed by atoms with Crippen molar-refractivity contribution in [2.24, 2.45) is 11.8 Å². The second-order valence-electron chi connectivity index (χ2n) is 3.35. The summed E-state index contributed by atoms with van der Waals surface area (Å²) in [4.78, 5) is 0. The van der Waals surface area contributed by atoms with E-state index in [2.05, 4.69) is 5.32 Å². The van der Waals surface area contributed by atoms with Crippen molar-refractivity contribution in [1.82, 2.24) is 5.32 Å². The van der Waals surface area contributed by atoms with Crippen LogP contribution in [0.2, 0.25) is 0 Å². The molecule has 0 amide bonds. The zero-order valence-corrected chi connectivity index (χ0v) is 5.99. The van der Waals surface area contributed by atoms with Crippen LogP contribution in [0.25, 0.3) is 0 Å². The Balaban J connectivity index is 2.00. The predicted molar refractivity (Wildman–Crippen MR) is 34.1 cm³/mol. The van der Waals surface area contributed by atoms with Gasteiger partial charge in [-0.2, -0.15) is 13.2 Å². The predicted octanol–water partition coefficient (Wildman–Crippen LogP) is 1.55. The van der Waals surface area contributed by atoms with E-state index in [9.17, 15) is 13.2 Å². The molecule has 2 aliphatic rings. The second-order valence-corrected chi connectivity index (χ2v) is 3.35. The Bertz CT molecular complexity index is 154. The van der Waals surface area contributed by atoms with Gasteiger partial charge in [-0.05, 0) is 25.3 Å². The highest BCUT2D eigenvalue weighted by Crippen LogP contribution is 2.53. The van der Waals surface area contributed by atoms with Gasteiger partial charge in [0.05, 0.1) is 5.92 Å². The van der Waals surface area contributed by atoms with Crippen LogP contribution in [-0.4, -0.2) is 18.8 Å². The molecule has 1 saturated heterocycles. The fourth-order valence-electron chi connectivity index (χ4n) is 2.06. The average molecular weight is 165 g/mol. The summed E-state index contributed by atoms with van der Waals surface area (Å²) >= 11 is 0. The minimum absolute atomic E-state index is 0.108. The van der Waals surface area contributed by atoms with Crippen LogP contribution in [0.15, 0.2) is 0 Å². The van der Waals surface area contributed by atoms with Crippen molar-refractivity contribution in [2.45, 2.75) is 25.1 Å². The summed E-state index contributed by atoms with van der Waals surface area (Å²) in [5.41, 5.74) is 0. The maximum atomic E-state index is 12.1. The van der Waals surface area contributed by atoms with Crippen LogP contribution in [0.5, 0.6) is 0 Å². The molecule has 1 saturated carbocycles. The lowest BCUT2D eigenvalue weighted by Gasteiger charge is -2.07. The van der Waals surface area contributed by atoms with Crippen LogP contribution in [0.1, 0.15) is 12.8 Å². The van der Waals surface area contributed by atoms with Crippen LogP contribution in [0.4, 0.5) is 13.2 Å². The normalized spacial score (nSPS) is 43.4. The van der Waals surface area contributed by atoms with Gasteiger partial charge in [0.15, 0.2) is 0 Å². The number of hydrogen-bond acceptors (Lipinski definition) is 1. The SMILES string of the molecule is FC(F)(F)[C@H]1[C@H]2CCCN[C@H]21. The summed E-state index contributed by atoms with van der Waals surface area (Å²) in [6, 6.07) is -0.247. The van der Waals surface area contributed by atoms with E-state index in [0.717, 1.165) is 19.4 Å². The van der Waals surface area contributed by atoms with Crippen LogP contribution in [0, 0.1) is 11.8 Å². The highest BCUT2D eigenvalue weighted by Gasteiger charge is 2.64. The Kier molecular flexibility index (Phi) is 1.43. The Morgan fingerprint density at radius 2 is 2.00 bits per heavy atom. The molecule has 2 fully saturated rings. The Labute approximate surface area is 63.0 Å². The van der Waals surface area contributed by atoms with Crippen molar-refractivity contribution in [1.29, 1.82) is 0 Å². The van der Waals surface area contributed by atoms with Crippen LogP contribution < -0.4 is 5.32 Å². The summed E-state index contributed by atoms with van der Waals surface area (Å²) in [6.07, 6.45) is -2.32. The molecule has 4 heteroatoms. The van der Waals surface area contributed by atoms with Gasteiger partial charge in [-0.15, -0.1) is 0 Å². The first kappa shape index (κ1) is 7.40. The highest BCUT2D eigenvalue weighted by molar-refractivity contribution is 5.08. The summed E-state index contributed by atoms with van der Waals surface area (Å²) in [5.74, 6) is -1.14. The molecule has 1 aliphatic heterocycles. The number of fused-ring (bicyclic) bond motifs is 1. The zero-order valence-electron chi connectivity index (χ0n) is 5.99. The Morgan fingerprint density at radius 3 is 2.45 bits per heavy atom. The maximum absolute atomic E-state index is 12.1. The van der Waals surface area contributed by atoms with Gasteiger partial charge in [0.25, 0.3) is 0 Å². The van der Waals surface area contributed by atoms with Crippen molar-refractivity contribution in [3.8, 4) is 0 Å². The van der Waals surface area contributed by atoms with Crippen molar-refractivity contribution in [3.05, 3.63) is 0 Å². The van der Waals surface area contributed by atoms with Gasteiger partial charge in [-0.3, -0.25) is 0 Å². The van der Waals surface area contributed by atoms with Crippen molar-refractivity contribution >= 4 is 0 Å². The molecule has 1 heterocycles. The van der Waals surface area contributed by atoms with Gasteiger partial charge >= 0.3 is 6.18 Å². The molecule has 0 aromatic rings. The number of rotatable bonds is 0. The molecule has 2 rings (SSSR count). The Morgan fingerprint density at radius 1 is 1.27 bits per heavy atom. The summed E-state index contributed by atoms with van der Waals surface area (Å²) in [5, 5.41) is 2.89. The first-order valence-corrected chi connectivity index (χ1v) is 3.91. The quantitative estimate of drug-likeness (QED) is 0.574. The lowest BCUT2D eigenvalue weighted by molar-refractivity contribution is -0.152. The standard InChI is InChI=1S/C7H10F3N/c8-7(9,10)5-4-2-1-3-11-6(4)5/h4-6,11H,1-3H2/t4-,5+,6-/m1/s1. The lowest BCUT2D eigenvalue weighted by atomic mass is 10.1. The monoisotopic (exact) mass is 165 g/mol. The molecule has 3 atom stereocenters. The van der Waals surface area contributed by atoms with Gasteiger partial charge in [0.1, 0.15) is 0 Å². The smallest absolute Gasteiger partial charge is 0.313 e. The van der Waals surface area contributed by atoms with Gasteiger partial charge in [0.2, 0.25) is 0 Å². The summed E-state index contributed by atoms with van der Waals surface area (Å²) in [6.45, 7) is 0.758. The van der Waals surface area contributed by atoms with Crippen molar-refractivity contribution in [3.63, 3.8) is 0 Å². The molecule has 1 nitrogen and oxygen atoms in total. The lowest BCUT2D eigenvalue weighted by Crippen LogP contribution is -2.26. The summed E-state index contributed by atoms with van der Waals surface area (Å²) in [7, 11) is 0. The van der Waals surface area contributed by atoms with E-state index in [1.165, 1.54) is 0 Å². The zero-order chi connectivity index (χ0) is 8.06. The maximum Gasteiger partial charge on any atom is 0.393 e. The molecule has 0 unspecified atom stereocenters. The van der Waals surface area contributed by atoms with E-state index in [1.54, 1.807) is 0 Å². The van der Waals surface area contributed by atoms with Crippen molar-refractivity contribution < 1.29 is 13.2 Å². The van der Waals surface area contributed by atoms with Gasteiger partial charge in [-0.25, -0.2) is 0 Å². The molecule has 0 radical (unpaired) electrons. The Hall–Kier alpha value is -0.250. The molecule has 0 bridgehead atoms. The van der Waals surface area contributed by atoms with Gasteiger partial charge in [-0.1, -0.05) is 0 Å². The number of halogens is 3. The third-order valence-electron chi connectivity index (χ3n) is 2.64. The number of piperidine rings is 1. The average Bonchev–Trinajstić information content (AvgIpc) is 2.58. The molecule has 0 aromatic carbocycles. The van der Waals surface area contributed by atoms with E-state index >= 15 is 0 Å². The second kappa shape index (κ2) is 2.12. The van der Waals surface area contributed by atoms with Gasteiger partial charge < -0.3 is 5.32 Å². The summed E-state index contributed by atoms with van der Waals surface area (Å²) < 4.78 is 36.3. The molecule has 0 spiro atoms. The molecular formula is C7H10F3N. The fraction of sp³-hybridized carbons (Fsp3) is 1.00. The van der Waals surface area contributed by atoms with E-state index in [1.807, 2.05) is 0 Å². The van der Waals surface area contributed by atoms with Crippen LogP contribution in [0.3, 0.4) is 0 Å². The van der Waals surface area contributed by atoms with E-state index in [0.29, 0.717) is 0 Å². The molecular weight excluding hydrogens is 155 g/mol. The first-order chi connectivity index (χ1) is 5.11. The molecule has 0 aromatic heterocycles. The van der Waals surface area contributed by atoms with Crippen molar-refractivity contribution in [2.75, 3.05) is 6.54 Å². The minimum atomic E-state index is -3.97. The minimum Gasteiger partial charge on any atom is -0.313 e. The van der Waals surface area contributed by atoms with E-state index in [-0.39, 0.29) is 12.0 Å².